The monoisotopic (exact) mass is 408 g/mol. The molecular formula is C30H20N2. The van der Waals surface area contributed by atoms with E-state index in [1.165, 1.54) is 43.1 Å². The number of rotatable bonds is 0. The zero-order valence-electron chi connectivity index (χ0n) is 17.4. The van der Waals surface area contributed by atoms with Crippen molar-refractivity contribution in [3.63, 3.8) is 0 Å². The molecule has 2 nitrogen and oxygen atoms in total. The number of hydrogen-bond acceptors (Lipinski definition) is 2. The third-order valence-electron chi connectivity index (χ3n) is 5.97. The van der Waals surface area contributed by atoms with Crippen molar-refractivity contribution in [2.24, 2.45) is 0 Å². The van der Waals surface area contributed by atoms with E-state index in [1.807, 2.05) is 12.1 Å². The minimum atomic E-state index is 0.979. The molecule has 1 heterocycles. The predicted octanol–water partition coefficient (Wildman–Crippen LogP) is 7.93. The van der Waals surface area contributed by atoms with Gasteiger partial charge in [0.1, 0.15) is 0 Å². The van der Waals surface area contributed by atoms with E-state index in [4.69, 9.17) is 0 Å². The van der Waals surface area contributed by atoms with Crippen LogP contribution in [-0.4, -0.2) is 9.97 Å². The topological polar surface area (TPSA) is 25.8 Å². The largest absolute Gasteiger partial charge is 0.252 e. The lowest BCUT2D eigenvalue weighted by atomic mass is 10.00. The summed E-state index contributed by atoms with van der Waals surface area (Å²) in [4.78, 5) is 8.99. The Hall–Kier alpha value is -4.30. The van der Waals surface area contributed by atoms with Crippen molar-refractivity contribution in [2.75, 3.05) is 0 Å². The smallest absolute Gasteiger partial charge is 0.0971 e. The first kappa shape index (κ1) is 18.5. The molecule has 0 atom stereocenters. The molecule has 0 aliphatic carbocycles. The zero-order valence-corrected chi connectivity index (χ0v) is 17.4. The van der Waals surface area contributed by atoms with Gasteiger partial charge in [0, 0.05) is 23.2 Å². The SMILES string of the molecule is c1ccc2c(c1)c1ccccc1c1nccnc21.c1ccc2cc3ccccc3cc2c1. The third-order valence-corrected chi connectivity index (χ3v) is 5.97. The lowest BCUT2D eigenvalue weighted by Gasteiger charge is -2.07. The van der Waals surface area contributed by atoms with Gasteiger partial charge in [0.2, 0.25) is 0 Å². The van der Waals surface area contributed by atoms with Crippen LogP contribution in [0.5, 0.6) is 0 Å². The number of fused-ring (bicyclic) bond motifs is 8. The van der Waals surface area contributed by atoms with Gasteiger partial charge in [0.15, 0.2) is 0 Å². The Labute approximate surface area is 185 Å². The highest BCUT2D eigenvalue weighted by atomic mass is 14.8. The Bertz CT molecular complexity index is 1410. The molecule has 32 heavy (non-hydrogen) atoms. The molecule has 2 heteroatoms. The maximum atomic E-state index is 4.50. The van der Waals surface area contributed by atoms with E-state index in [0.29, 0.717) is 0 Å². The van der Waals surface area contributed by atoms with Crippen LogP contribution in [0.15, 0.2) is 122 Å². The summed E-state index contributed by atoms with van der Waals surface area (Å²) in [6.07, 6.45) is 3.51. The van der Waals surface area contributed by atoms with E-state index in [0.717, 1.165) is 11.0 Å². The van der Waals surface area contributed by atoms with Crippen molar-refractivity contribution in [3.8, 4) is 0 Å². The summed E-state index contributed by atoms with van der Waals surface area (Å²) in [5, 5.41) is 10.1. The molecule has 0 fully saturated rings. The van der Waals surface area contributed by atoms with Gasteiger partial charge in [0.25, 0.3) is 0 Å². The van der Waals surface area contributed by atoms with Crippen LogP contribution in [-0.2, 0) is 0 Å². The zero-order chi connectivity index (χ0) is 21.3. The standard InChI is InChI=1S/C16H10N2.C14H10/c1-3-7-13-11(5-1)12-6-2-4-8-14(12)16-15(13)17-9-10-18-16;1-2-6-12-10-14-8-4-3-7-13(14)9-11(12)5-1/h1-10H;1-10H. The molecule has 0 amide bonds. The van der Waals surface area contributed by atoms with Crippen LogP contribution in [0.1, 0.15) is 0 Å². The molecule has 0 saturated heterocycles. The molecule has 0 unspecified atom stereocenters. The van der Waals surface area contributed by atoms with Crippen LogP contribution in [0, 0.1) is 0 Å². The second kappa shape index (κ2) is 7.75. The van der Waals surface area contributed by atoms with Gasteiger partial charge in [-0.1, -0.05) is 97.1 Å². The maximum Gasteiger partial charge on any atom is 0.0971 e. The first-order valence-corrected chi connectivity index (χ1v) is 10.8. The van der Waals surface area contributed by atoms with Gasteiger partial charge in [-0.05, 0) is 44.5 Å². The van der Waals surface area contributed by atoms with E-state index in [-0.39, 0.29) is 0 Å². The Kier molecular flexibility index (Phi) is 4.47. The van der Waals surface area contributed by atoms with Crippen molar-refractivity contribution in [3.05, 3.63) is 122 Å². The van der Waals surface area contributed by atoms with Gasteiger partial charge in [-0.2, -0.15) is 0 Å². The molecule has 0 saturated carbocycles. The maximum absolute atomic E-state index is 4.50. The summed E-state index contributed by atoms with van der Waals surface area (Å²) in [5.74, 6) is 0. The Morgan fingerprint density at radius 2 is 0.656 bits per heavy atom. The predicted molar refractivity (Wildman–Crippen MR) is 136 cm³/mol. The molecule has 0 aliphatic heterocycles. The normalized spacial score (nSPS) is 11.1. The average molecular weight is 409 g/mol. The number of benzene rings is 6. The van der Waals surface area contributed by atoms with E-state index >= 15 is 0 Å². The minimum absolute atomic E-state index is 0.979. The van der Waals surface area contributed by atoms with Gasteiger partial charge >= 0.3 is 0 Å². The van der Waals surface area contributed by atoms with Crippen LogP contribution in [0.25, 0.3) is 54.1 Å². The fraction of sp³-hybridized carbons (Fsp3) is 0. The number of nitrogens with zero attached hydrogens (tertiary/aromatic N) is 2. The first-order valence-electron chi connectivity index (χ1n) is 10.8. The summed E-state index contributed by atoms with van der Waals surface area (Å²) >= 11 is 0. The Morgan fingerprint density at radius 1 is 0.344 bits per heavy atom. The molecule has 150 valence electrons. The van der Waals surface area contributed by atoms with E-state index in [9.17, 15) is 0 Å². The second-order valence-electron chi connectivity index (χ2n) is 7.89. The lowest BCUT2D eigenvalue weighted by molar-refractivity contribution is 1.31. The fourth-order valence-electron chi connectivity index (χ4n) is 4.46. The molecule has 6 aromatic carbocycles. The summed E-state index contributed by atoms with van der Waals surface area (Å²) < 4.78 is 0. The van der Waals surface area contributed by atoms with Crippen molar-refractivity contribution in [1.29, 1.82) is 0 Å². The van der Waals surface area contributed by atoms with Crippen molar-refractivity contribution in [2.45, 2.75) is 0 Å². The highest BCUT2D eigenvalue weighted by Gasteiger charge is 2.08. The van der Waals surface area contributed by atoms with Gasteiger partial charge in [-0.25, -0.2) is 0 Å². The van der Waals surface area contributed by atoms with Crippen LogP contribution in [0.4, 0.5) is 0 Å². The molecule has 0 spiro atoms. The number of aromatic nitrogens is 2. The Morgan fingerprint density at radius 3 is 1.03 bits per heavy atom. The molecule has 0 N–H and O–H groups in total. The second-order valence-corrected chi connectivity index (χ2v) is 7.89. The molecule has 0 bridgehead atoms. The van der Waals surface area contributed by atoms with E-state index in [1.54, 1.807) is 12.4 Å². The molecular weight excluding hydrogens is 388 g/mol. The molecule has 1 aromatic heterocycles. The highest BCUT2D eigenvalue weighted by molar-refractivity contribution is 6.22. The summed E-state index contributed by atoms with van der Waals surface area (Å²) in [6.45, 7) is 0. The first-order chi connectivity index (χ1) is 15.9. The summed E-state index contributed by atoms with van der Waals surface area (Å²) in [7, 11) is 0. The van der Waals surface area contributed by atoms with E-state index in [2.05, 4.69) is 107 Å². The van der Waals surface area contributed by atoms with Crippen molar-refractivity contribution < 1.29 is 0 Å². The molecule has 0 radical (unpaired) electrons. The van der Waals surface area contributed by atoms with E-state index < -0.39 is 0 Å². The van der Waals surface area contributed by atoms with Crippen molar-refractivity contribution >= 4 is 54.1 Å². The van der Waals surface area contributed by atoms with Crippen LogP contribution >= 0.6 is 0 Å². The summed E-state index contributed by atoms with van der Waals surface area (Å²) in [5.41, 5.74) is 1.96. The minimum Gasteiger partial charge on any atom is -0.252 e. The lowest BCUT2D eigenvalue weighted by Crippen LogP contribution is -1.87. The third kappa shape index (κ3) is 3.14. The number of hydrogen-bond donors (Lipinski definition) is 0. The van der Waals surface area contributed by atoms with Crippen LogP contribution < -0.4 is 0 Å². The van der Waals surface area contributed by atoms with Gasteiger partial charge in [-0.3, -0.25) is 9.97 Å². The quantitative estimate of drug-likeness (QED) is 0.188. The van der Waals surface area contributed by atoms with Gasteiger partial charge < -0.3 is 0 Å². The molecule has 7 aromatic rings. The Balaban J connectivity index is 0.000000126. The van der Waals surface area contributed by atoms with Crippen LogP contribution in [0.2, 0.25) is 0 Å². The van der Waals surface area contributed by atoms with Gasteiger partial charge in [-0.15, -0.1) is 0 Å². The van der Waals surface area contributed by atoms with Gasteiger partial charge in [0.05, 0.1) is 11.0 Å². The van der Waals surface area contributed by atoms with Crippen LogP contribution in [0.3, 0.4) is 0 Å². The molecule has 7 rings (SSSR count). The fourth-order valence-corrected chi connectivity index (χ4v) is 4.46. The molecule has 0 aliphatic rings. The van der Waals surface area contributed by atoms with Crippen molar-refractivity contribution in [1.82, 2.24) is 9.97 Å². The summed E-state index contributed by atoms with van der Waals surface area (Å²) in [6, 6.07) is 38.2. The average Bonchev–Trinajstić information content (AvgIpc) is 2.88. The highest BCUT2D eigenvalue weighted by Crippen LogP contribution is 2.32.